The predicted octanol–water partition coefficient (Wildman–Crippen LogP) is 3.67. The summed E-state index contributed by atoms with van der Waals surface area (Å²) in [6.07, 6.45) is 11.7. The summed E-state index contributed by atoms with van der Waals surface area (Å²) in [5.74, 6) is 0. The molecule has 0 heterocycles. The van der Waals surface area contributed by atoms with Gasteiger partial charge < -0.3 is 10.1 Å². The fraction of sp³-hybridized carbons (Fsp3) is 0.867. The van der Waals surface area contributed by atoms with Crippen LogP contribution in [-0.4, -0.2) is 25.8 Å². The minimum absolute atomic E-state index is 0.337. The first-order valence-corrected chi connectivity index (χ1v) is 7.28. The lowest BCUT2D eigenvalue weighted by Gasteiger charge is -2.29. The molecule has 0 aromatic rings. The number of likely N-dealkylation sites (N-methyl/N-ethyl adjacent to an activating group) is 1. The van der Waals surface area contributed by atoms with Crippen LogP contribution in [-0.2, 0) is 4.74 Å². The van der Waals surface area contributed by atoms with E-state index in [4.69, 9.17) is 4.74 Å². The van der Waals surface area contributed by atoms with Gasteiger partial charge in [0.1, 0.15) is 0 Å². The molecule has 0 saturated carbocycles. The molecule has 2 nitrogen and oxygen atoms in total. The Balaban J connectivity index is 2.70. The van der Waals surface area contributed by atoms with Gasteiger partial charge in [-0.1, -0.05) is 38.3 Å². The molecule has 0 fully saturated rings. The van der Waals surface area contributed by atoms with E-state index < -0.39 is 0 Å². The molecule has 100 valence electrons. The molecule has 0 amide bonds. The average molecular weight is 239 g/mol. The SMILES string of the molecule is CCCC(OC)C(NCC)C1=CCCCCC1. The van der Waals surface area contributed by atoms with E-state index in [-0.39, 0.29) is 0 Å². The summed E-state index contributed by atoms with van der Waals surface area (Å²) in [5, 5.41) is 3.62. The Hall–Kier alpha value is -0.340. The van der Waals surface area contributed by atoms with Gasteiger partial charge in [0.05, 0.1) is 12.1 Å². The maximum atomic E-state index is 5.70. The van der Waals surface area contributed by atoms with Crippen molar-refractivity contribution in [2.75, 3.05) is 13.7 Å². The Kier molecular flexibility index (Phi) is 7.54. The third kappa shape index (κ3) is 4.81. The van der Waals surface area contributed by atoms with Crippen molar-refractivity contribution in [3.8, 4) is 0 Å². The third-order valence-electron chi connectivity index (χ3n) is 3.65. The maximum absolute atomic E-state index is 5.70. The second-order valence-corrected chi connectivity index (χ2v) is 4.98. The summed E-state index contributed by atoms with van der Waals surface area (Å²) < 4.78 is 5.70. The van der Waals surface area contributed by atoms with E-state index >= 15 is 0 Å². The lowest BCUT2D eigenvalue weighted by atomic mass is 9.94. The van der Waals surface area contributed by atoms with Crippen LogP contribution in [0.1, 0.15) is 58.8 Å². The Morgan fingerprint density at radius 2 is 2.12 bits per heavy atom. The van der Waals surface area contributed by atoms with Crippen molar-refractivity contribution in [1.29, 1.82) is 0 Å². The van der Waals surface area contributed by atoms with Crippen molar-refractivity contribution < 1.29 is 4.74 Å². The van der Waals surface area contributed by atoms with Gasteiger partial charge in [-0.05, 0) is 38.6 Å². The summed E-state index contributed by atoms with van der Waals surface area (Å²) in [6, 6.07) is 0.433. The van der Waals surface area contributed by atoms with E-state index in [2.05, 4.69) is 25.2 Å². The molecular weight excluding hydrogens is 210 g/mol. The number of ether oxygens (including phenoxy) is 1. The van der Waals surface area contributed by atoms with Crippen molar-refractivity contribution >= 4 is 0 Å². The quantitative estimate of drug-likeness (QED) is 0.684. The first kappa shape index (κ1) is 14.7. The van der Waals surface area contributed by atoms with E-state index in [0.29, 0.717) is 12.1 Å². The smallest absolute Gasteiger partial charge is 0.0762 e. The van der Waals surface area contributed by atoms with Crippen molar-refractivity contribution in [2.45, 2.75) is 70.9 Å². The largest absolute Gasteiger partial charge is 0.379 e. The molecule has 0 radical (unpaired) electrons. The molecule has 0 aromatic carbocycles. The van der Waals surface area contributed by atoms with Crippen LogP contribution in [0.5, 0.6) is 0 Å². The maximum Gasteiger partial charge on any atom is 0.0762 e. The molecule has 0 aliphatic heterocycles. The van der Waals surface area contributed by atoms with Crippen molar-refractivity contribution in [2.24, 2.45) is 0 Å². The second-order valence-electron chi connectivity index (χ2n) is 4.98. The standard InChI is InChI=1S/C15H29NO/c1-4-10-14(17-3)15(16-5-2)13-11-8-6-7-9-12-13/h11,14-16H,4-10,12H2,1-3H3. The van der Waals surface area contributed by atoms with Gasteiger partial charge in [-0.3, -0.25) is 0 Å². The third-order valence-corrected chi connectivity index (χ3v) is 3.65. The summed E-state index contributed by atoms with van der Waals surface area (Å²) in [7, 11) is 1.85. The second kappa shape index (κ2) is 8.71. The molecule has 1 aliphatic carbocycles. The molecule has 0 saturated heterocycles. The molecule has 1 rings (SSSR count). The van der Waals surface area contributed by atoms with Gasteiger partial charge in [0.2, 0.25) is 0 Å². The van der Waals surface area contributed by atoms with Gasteiger partial charge in [-0.25, -0.2) is 0 Å². The van der Waals surface area contributed by atoms with Gasteiger partial charge in [-0.2, -0.15) is 0 Å². The van der Waals surface area contributed by atoms with Crippen LogP contribution in [0.3, 0.4) is 0 Å². The van der Waals surface area contributed by atoms with Crippen molar-refractivity contribution in [1.82, 2.24) is 5.32 Å². The van der Waals surface area contributed by atoms with E-state index in [9.17, 15) is 0 Å². The van der Waals surface area contributed by atoms with Crippen LogP contribution in [0.2, 0.25) is 0 Å². The Labute approximate surface area is 107 Å². The lowest BCUT2D eigenvalue weighted by Crippen LogP contribution is -2.42. The van der Waals surface area contributed by atoms with E-state index in [1.807, 2.05) is 7.11 Å². The van der Waals surface area contributed by atoms with Gasteiger partial charge in [0.25, 0.3) is 0 Å². The molecule has 2 atom stereocenters. The topological polar surface area (TPSA) is 21.3 Å². The Morgan fingerprint density at radius 1 is 1.29 bits per heavy atom. The van der Waals surface area contributed by atoms with Gasteiger partial charge in [0, 0.05) is 7.11 Å². The minimum atomic E-state index is 0.337. The highest BCUT2D eigenvalue weighted by molar-refractivity contribution is 5.14. The first-order chi connectivity index (χ1) is 8.33. The highest BCUT2D eigenvalue weighted by Gasteiger charge is 2.23. The number of rotatable bonds is 7. The van der Waals surface area contributed by atoms with Crippen LogP contribution < -0.4 is 5.32 Å². The van der Waals surface area contributed by atoms with Crippen LogP contribution in [0, 0.1) is 0 Å². The molecule has 2 unspecified atom stereocenters. The number of nitrogens with one attached hydrogen (secondary N) is 1. The monoisotopic (exact) mass is 239 g/mol. The molecule has 1 aliphatic rings. The fourth-order valence-corrected chi connectivity index (χ4v) is 2.75. The first-order valence-electron chi connectivity index (χ1n) is 7.28. The summed E-state index contributed by atoms with van der Waals surface area (Å²) in [5.41, 5.74) is 1.59. The zero-order valence-corrected chi connectivity index (χ0v) is 11.8. The van der Waals surface area contributed by atoms with Gasteiger partial charge in [-0.15, -0.1) is 0 Å². The molecule has 0 spiro atoms. The molecule has 2 heteroatoms. The summed E-state index contributed by atoms with van der Waals surface area (Å²) >= 11 is 0. The predicted molar refractivity (Wildman–Crippen MR) is 74.3 cm³/mol. The van der Waals surface area contributed by atoms with E-state index in [1.165, 1.54) is 38.5 Å². The van der Waals surface area contributed by atoms with Crippen LogP contribution >= 0.6 is 0 Å². The number of hydrogen-bond donors (Lipinski definition) is 1. The van der Waals surface area contributed by atoms with E-state index in [0.717, 1.165) is 13.0 Å². The van der Waals surface area contributed by atoms with Crippen molar-refractivity contribution in [3.05, 3.63) is 11.6 Å². The van der Waals surface area contributed by atoms with Gasteiger partial charge in [0.15, 0.2) is 0 Å². The van der Waals surface area contributed by atoms with Crippen LogP contribution in [0.25, 0.3) is 0 Å². The lowest BCUT2D eigenvalue weighted by molar-refractivity contribution is 0.0707. The van der Waals surface area contributed by atoms with Crippen LogP contribution in [0.15, 0.2) is 11.6 Å². The number of allylic oxidation sites excluding steroid dienone is 1. The number of hydrogen-bond acceptors (Lipinski definition) is 2. The summed E-state index contributed by atoms with van der Waals surface area (Å²) in [6.45, 7) is 5.44. The fourth-order valence-electron chi connectivity index (χ4n) is 2.75. The Bertz CT molecular complexity index is 225. The molecule has 17 heavy (non-hydrogen) atoms. The molecule has 1 N–H and O–H groups in total. The molecular formula is C15H29NO. The normalized spacial score (nSPS) is 20.5. The molecule has 0 bridgehead atoms. The Morgan fingerprint density at radius 3 is 2.76 bits per heavy atom. The highest BCUT2D eigenvalue weighted by atomic mass is 16.5. The minimum Gasteiger partial charge on any atom is -0.379 e. The zero-order valence-electron chi connectivity index (χ0n) is 11.8. The molecule has 0 aromatic heterocycles. The van der Waals surface area contributed by atoms with Crippen molar-refractivity contribution in [3.63, 3.8) is 0 Å². The van der Waals surface area contributed by atoms with E-state index in [1.54, 1.807) is 5.57 Å². The zero-order chi connectivity index (χ0) is 12.5. The summed E-state index contributed by atoms with van der Waals surface area (Å²) in [4.78, 5) is 0. The number of methoxy groups -OCH3 is 1. The highest BCUT2D eigenvalue weighted by Crippen LogP contribution is 2.24. The van der Waals surface area contributed by atoms with Gasteiger partial charge >= 0.3 is 0 Å². The average Bonchev–Trinajstić information content (AvgIpc) is 2.62. The van der Waals surface area contributed by atoms with Crippen LogP contribution in [0.4, 0.5) is 0 Å².